The number of nitrogens with zero attached hydrogens (tertiary/aromatic N) is 3. The van der Waals surface area contributed by atoms with Gasteiger partial charge in [0.25, 0.3) is 11.8 Å². The molecule has 2 aliphatic heterocycles. The van der Waals surface area contributed by atoms with E-state index in [1.54, 1.807) is 17.9 Å². The highest BCUT2D eigenvalue weighted by atomic mass is 16.5. The number of hydrogen-bond donors (Lipinski definition) is 0. The zero-order valence-electron chi connectivity index (χ0n) is 15.0. The maximum Gasteiger partial charge on any atom is 0.263 e. The average Bonchev–Trinajstić information content (AvgIpc) is 2.94. The number of aromatic nitrogens is 1. The van der Waals surface area contributed by atoms with Crippen LogP contribution in [-0.2, 0) is 9.53 Å². The van der Waals surface area contributed by atoms with Gasteiger partial charge in [-0.3, -0.25) is 24.3 Å². The lowest BCUT2D eigenvalue weighted by Gasteiger charge is -2.28. The Hall–Kier alpha value is -3.06. The summed E-state index contributed by atoms with van der Waals surface area (Å²) in [6.45, 7) is 3.34. The summed E-state index contributed by atoms with van der Waals surface area (Å²) in [6, 6.07) is 11.1. The van der Waals surface area contributed by atoms with Gasteiger partial charge in [-0.05, 0) is 13.0 Å². The molecule has 3 amide bonds. The number of aryl methyl sites for hydroxylation is 1. The van der Waals surface area contributed by atoms with Gasteiger partial charge >= 0.3 is 0 Å². The van der Waals surface area contributed by atoms with E-state index in [9.17, 15) is 14.4 Å². The lowest BCUT2D eigenvalue weighted by atomic mass is 10.0. The molecule has 2 aliphatic rings. The Morgan fingerprint density at radius 2 is 1.81 bits per heavy atom. The zero-order valence-corrected chi connectivity index (χ0v) is 15.0. The molecule has 0 bridgehead atoms. The molecule has 27 heavy (non-hydrogen) atoms. The number of fused-ring (bicyclic) bond motifs is 1. The summed E-state index contributed by atoms with van der Waals surface area (Å²) < 4.78 is 5.23. The van der Waals surface area contributed by atoms with Crippen molar-refractivity contribution in [1.29, 1.82) is 0 Å². The third-order valence-corrected chi connectivity index (χ3v) is 4.86. The third-order valence-electron chi connectivity index (χ3n) is 4.86. The van der Waals surface area contributed by atoms with Crippen LogP contribution in [0, 0.1) is 6.92 Å². The molecule has 1 fully saturated rings. The Labute approximate surface area is 156 Å². The van der Waals surface area contributed by atoms with Gasteiger partial charge in [-0.2, -0.15) is 0 Å². The normalized spacial score (nSPS) is 16.6. The molecule has 1 aromatic carbocycles. The predicted molar refractivity (Wildman–Crippen MR) is 97.2 cm³/mol. The van der Waals surface area contributed by atoms with Crippen molar-refractivity contribution in [3.05, 3.63) is 53.2 Å². The van der Waals surface area contributed by atoms with Crippen molar-refractivity contribution in [1.82, 2.24) is 14.8 Å². The highest BCUT2D eigenvalue weighted by Crippen LogP contribution is 2.29. The highest BCUT2D eigenvalue weighted by Gasteiger charge is 2.39. The van der Waals surface area contributed by atoms with Crippen molar-refractivity contribution in [3.63, 3.8) is 0 Å². The van der Waals surface area contributed by atoms with Crippen LogP contribution < -0.4 is 0 Å². The smallest absolute Gasteiger partial charge is 0.263 e. The molecule has 1 saturated heterocycles. The van der Waals surface area contributed by atoms with Crippen LogP contribution in [0.5, 0.6) is 0 Å². The first-order chi connectivity index (χ1) is 13.1. The molecule has 0 radical (unpaired) electrons. The van der Waals surface area contributed by atoms with Crippen LogP contribution in [0.3, 0.4) is 0 Å². The number of imide groups is 1. The number of rotatable bonds is 3. The first kappa shape index (κ1) is 17.4. The first-order valence-electron chi connectivity index (χ1n) is 8.85. The lowest BCUT2D eigenvalue weighted by molar-refractivity contribution is -0.135. The van der Waals surface area contributed by atoms with Crippen LogP contribution in [0.4, 0.5) is 0 Å². The van der Waals surface area contributed by atoms with Gasteiger partial charge in [0.05, 0.1) is 35.7 Å². The van der Waals surface area contributed by atoms with Gasteiger partial charge in [0.2, 0.25) is 5.91 Å². The molecule has 3 heterocycles. The zero-order chi connectivity index (χ0) is 19.0. The van der Waals surface area contributed by atoms with E-state index in [0.29, 0.717) is 43.3 Å². The molecule has 0 spiro atoms. The minimum atomic E-state index is -0.457. The number of hydrogen-bond acceptors (Lipinski definition) is 5. The summed E-state index contributed by atoms with van der Waals surface area (Å²) in [5.74, 6) is -1.15. The molecule has 138 valence electrons. The molecule has 0 aliphatic carbocycles. The standard InChI is InChI=1S/C20H19N3O4/c1-13-18-15(11-16(21-13)14-5-3-2-4-6-14)19(25)23(20(18)26)12-17(24)22-7-9-27-10-8-22/h2-6,11H,7-10,12H2,1H3. The molecule has 0 atom stereocenters. The van der Waals surface area contributed by atoms with Gasteiger partial charge in [-0.1, -0.05) is 30.3 Å². The molecule has 1 aromatic heterocycles. The topological polar surface area (TPSA) is 79.8 Å². The van der Waals surface area contributed by atoms with Gasteiger partial charge < -0.3 is 9.64 Å². The van der Waals surface area contributed by atoms with Gasteiger partial charge in [-0.25, -0.2) is 0 Å². The van der Waals surface area contributed by atoms with Crippen molar-refractivity contribution in [3.8, 4) is 11.3 Å². The average molecular weight is 365 g/mol. The fourth-order valence-corrected chi connectivity index (χ4v) is 3.43. The summed E-state index contributed by atoms with van der Waals surface area (Å²) >= 11 is 0. The van der Waals surface area contributed by atoms with E-state index in [1.165, 1.54) is 0 Å². The Morgan fingerprint density at radius 1 is 1.11 bits per heavy atom. The summed E-state index contributed by atoms with van der Waals surface area (Å²) in [5.41, 5.74) is 2.59. The predicted octanol–water partition coefficient (Wildman–Crippen LogP) is 1.51. The Balaban J connectivity index is 1.62. The largest absolute Gasteiger partial charge is 0.378 e. The minimum absolute atomic E-state index is 0.248. The van der Waals surface area contributed by atoms with Crippen LogP contribution in [0.15, 0.2) is 36.4 Å². The van der Waals surface area contributed by atoms with Gasteiger partial charge in [0.15, 0.2) is 0 Å². The molecule has 7 heteroatoms. The monoisotopic (exact) mass is 365 g/mol. The number of ether oxygens (including phenoxy) is 1. The SMILES string of the molecule is Cc1nc(-c2ccccc2)cc2c1C(=O)N(CC(=O)N1CCOCC1)C2=O. The van der Waals surface area contributed by atoms with E-state index in [0.717, 1.165) is 10.5 Å². The van der Waals surface area contributed by atoms with Crippen molar-refractivity contribution in [2.75, 3.05) is 32.8 Å². The molecule has 7 nitrogen and oxygen atoms in total. The third kappa shape index (κ3) is 3.10. The van der Waals surface area contributed by atoms with Crippen molar-refractivity contribution in [2.24, 2.45) is 0 Å². The summed E-state index contributed by atoms with van der Waals surface area (Å²) in [4.78, 5) is 45.2. The molecular weight excluding hydrogens is 346 g/mol. The lowest BCUT2D eigenvalue weighted by Crippen LogP contribution is -2.47. The van der Waals surface area contributed by atoms with Crippen LogP contribution in [0.25, 0.3) is 11.3 Å². The van der Waals surface area contributed by atoms with Crippen LogP contribution in [-0.4, -0.2) is 65.4 Å². The van der Waals surface area contributed by atoms with E-state index in [2.05, 4.69) is 4.98 Å². The highest BCUT2D eigenvalue weighted by molar-refractivity contribution is 6.23. The number of carbonyl (C=O) groups is 3. The Morgan fingerprint density at radius 3 is 2.52 bits per heavy atom. The Kier molecular flexibility index (Phi) is 4.45. The number of benzene rings is 1. The van der Waals surface area contributed by atoms with E-state index in [4.69, 9.17) is 4.74 Å². The second-order valence-corrected chi connectivity index (χ2v) is 6.57. The molecule has 4 rings (SSSR count). The van der Waals surface area contributed by atoms with E-state index in [-0.39, 0.29) is 18.0 Å². The summed E-state index contributed by atoms with van der Waals surface area (Å²) in [5, 5.41) is 0. The van der Waals surface area contributed by atoms with Crippen molar-refractivity contribution in [2.45, 2.75) is 6.92 Å². The van der Waals surface area contributed by atoms with Crippen LogP contribution >= 0.6 is 0 Å². The second kappa shape index (κ2) is 6.92. The summed E-state index contributed by atoms with van der Waals surface area (Å²) in [7, 11) is 0. The minimum Gasteiger partial charge on any atom is -0.378 e. The summed E-state index contributed by atoms with van der Waals surface area (Å²) in [6.07, 6.45) is 0. The van der Waals surface area contributed by atoms with Crippen molar-refractivity contribution < 1.29 is 19.1 Å². The number of morpholine rings is 1. The van der Waals surface area contributed by atoms with Gasteiger partial charge in [0.1, 0.15) is 6.54 Å². The maximum absolute atomic E-state index is 12.8. The van der Waals surface area contributed by atoms with E-state index in [1.807, 2.05) is 30.3 Å². The van der Waals surface area contributed by atoms with E-state index < -0.39 is 11.8 Å². The number of amides is 3. The Bertz CT molecular complexity index is 920. The van der Waals surface area contributed by atoms with Crippen molar-refractivity contribution >= 4 is 17.7 Å². The number of pyridine rings is 1. The molecule has 2 aromatic rings. The molecule has 0 saturated carbocycles. The van der Waals surface area contributed by atoms with E-state index >= 15 is 0 Å². The molecule has 0 N–H and O–H groups in total. The van der Waals surface area contributed by atoms with Gasteiger partial charge in [0, 0.05) is 18.7 Å². The van der Waals surface area contributed by atoms with Gasteiger partial charge in [-0.15, -0.1) is 0 Å². The molecule has 0 unspecified atom stereocenters. The fourth-order valence-electron chi connectivity index (χ4n) is 3.43. The molecular formula is C20H19N3O4. The fraction of sp³-hybridized carbons (Fsp3) is 0.300. The first-order valence-corrected chi connectivity index (χ1v) is 8.85. The quantitative estimate of drug-likeness (QED) is 0.771. The van der Waals surface area contributed by atoms with Crippen LogP contribution in [0.1, 0.15) is 26.4 Å². The second-order valence-electron chi connectivity index (χ2n) is 6.57. The van der Waals surface area contributed by atoms with Crippen LogP contribution in [0.2, 0.25) is 0 Å². The number of carbonyl (C=O) groups excluding carboxylic acids is 3. The maximum atomic E-state index is 12.8.